The molecule has 0 saturated carbocycles. The van der Waals surface area contributed by atoms with Gasteiger partial charge in [0.05, 0.1) is 10.0 Å². The van der Waals surface area contributed by atoms with Gasteiger partial charge in [-0.15, -0.1) is 0 Å². The molecule has 0 atom stereocenters. The second-order valence-electron chi connectivity index (χ2n) is 4.30. The van der Waals surface area contributed by atoms with Gasteiger partial charge < -0.3 is 10.6 Å². The molecule has 0 unspecified atom stereocenters. The summed E-state index contributed by atoms with van der Waals surface area (Å²) >= 11 is 11.7. The van der Waals surface area contributed by atoms with Crippen molar-refractivity contribution in [2.75, 3.05) is 17.2 Å². The smallest absolute Gasteiger partial charge is 0.274 e. The fourth-order valence-electron chi connectivity index (χ4n) is 1.60. The number of nitrogens with one attached hydrogen (secondary N) is 2. The quantitative estimate of drug-likeness (QED) is 0.876. The van der Waals surface area contributed by atoms with Crippen molar-refractivity contribution in [3.63, 3.8) is 0 Å². The first-order valence-electron chi connectivity index (χ1n) is 6.42. The zero-order chi connectivity index (χ0) is 15.2. The first-order chi connectivity index (χ1) is 10.1. The largest absolute Gasteiger partial charge is 0.370 e. The van der Waals surface area contributed by atoms with E-state index in [1.165, 1.54) is 6.33 Å². The molecule has 1 aromatic carbocycles. The highest BCUT2D eigenvalue weighted by atomic mass is 35.5. The van der Waals surface area contributed by atoms with Crippen molar-refractivity contribution in [1.82, 2.24) is 9.97 Å². The van der Waals surface area contributed by atoms with Gasteiger partial charge in [0.15, 0.2) is 0 Å². The Morgan fingerprint density at radius 1 is 1.19 bits per heavy atom. The molecule has 1 amide bonds. The molecule has 0 aliphatic heterocycles. The van der Waals surface area contributed by atoms with Crippen LogP contribution in [0.25, 0.3) is 0 Å². The van der Waals surface area contributed by atoms with Crippen molar-refractivity contribution in [1.29, 1.82) is 0 Å². The van der Waals surface area contributed by atoms with Crippen LogP contribution >= 0.6 is 23.2 Å². The van der Waals surface area contributed by atoms with E-state index < -0.39 is 0 Å². The van der Waals surface area contributed by atoms with Crippen LogP contribution in [0.2, 0.25) is 10.0 Å². The topological polar surface area (TPSA) is 66.9 Å². The van der Waals surface area contributed by atoms with Gasteiger partial charge in [-0.1, -0.05) is 30.1 Å². The summed E-state index contributed by atoms with van der Waals surface area (Å²) in [5.41, 5.74) is 0.825. The number of rotatable bonds is 5. The fourth-order valence-corrected chi connectivity index (χ4v) is 1.90. The van der Waals surface area contributed by atoms with Crippen molar-refractivity contribution < 1.29 is 4.79 Å². The van der Waals surface area contributed by atoms with Crippen LogP contribution in [0.15, 0.2) is 30.6 Å². The van der Waals surface area contributed by atoms with Crippen molar-refractivity contribution in [3.05, 3.63) is 46.3 Å². The molecule has 2 aromatic rings. The number of carbonyl (C=O) groups excluding carboxylic acids is 1. The minimum absolute atomic E-state index is 0.273. The molecule has 0 saturated heterocycles. The third-order valence-corrected chi connectivity index (χ3v) is 3.37. The molecule has 2 N–H and O–H groups in total. The Balaban J connectivity index is 2.10. The highest BCUT2D eigenvalue weighted by Crippen LogP contribution is 2.25. The molecule has 1 heterocycles. The number of amides is 1. The molecule has 0 fully saturated rings. The van der Waals surface area contributed by atoms with Crippen LogP contribution in [-0.4, -0.2) is 22.4 Å². The lowest BCUT2D eigenvalue weighted by atomic mass is 10.3. The van der Waals surface area contributed by atoms with Crippen LogP contribution in [0.3, 0.4) is 0 Å². The van der Waals surface area contributed by atoms with E-state index in [0.717, 1.165) is 13.0 Å². The van der Waals surface area contributed by atoms with E-state index in [-0.39, 0.29) is 11.6 Å². The number of aromatic nitrogens is 2. The van der Waals surface area contributed by atoms with Crippen LogP contribution in [0.4, 0.5) is 11.5 Å². The molecule has 2 rings (SSSR count). The summed E-state index contributed by atoms with van der Waals surface area (Å²) in [6.07, 6.45) is 2.32. The summed E-state index contributed by atoms with van der Waals surface area (Å²) in [7, 11) is 0. The molecule has 0 radical (unpaired) electrons. The van der Waals surface area contributed by atoms with Crippen molar-refractivity contribution in [2.45, 2.75) is 13.3 Å². The van der Waals surface area contributed by atoms with Crippen LogP contribution in [0.1, 0.15) is 23.8 Å². The average molecular weight is 325 g/mol. The monoisotopic (exact) mass is 324 g/mol. The Labute approximate surface area is 132 Å². The Hall–Kier alpha value is -1.85. The standard InChI is InChI=1S/C14H14Cl2N4O/c1-2-5-17-13-7-12(18-8-19-13)14(21)20-9-3-4-10(15)11(16)6-9/h3-4,6-8H,2,5H2,1H3,(H,20,21)(H,17,18,19). The van der Waals surface area contributed by atoms with Crippen LogP contribution < -0.4 is 10.6 Å². The predicted octanol–water partition coefficient (Wildman–Crippen LogP) is 3.86. The van der Waals surface area contributed by atoms with Gasteiger partial charge in [-0.3, -0.25) is 4.79 Å². The minimum Gasteiger partial charge on any atom is -0.370 e. The van der Waals surface area contributed by atoms with E-state index in [2.05, 4.69) is 20.6 Å². The molecule has 0 aliphatic rings. The summed E-state index contributed by atoms with van der Waals surface area (Å²) < 4.78 is 0. The van der Waals surface area contributed by atoms with Gasteiger partial charge in [0.25, 0.3) is 5.91 Å². The maximum absolute atomic E-state index is 12.1. The lowest BCUT2D eigenvalue weighted by molar-refractivity contribution is 0.102. The highest BCUT2D eigenvalue weighted by molar-refractivity contribution is 6.42. The highest BCUT2D eigenvalue weighted by Gasteiger charge is 2.10. The van der Waals surface area contributed by atoms with E-state index in [1.54, 1.807) is 24.3 Å². The second-order valence-corrected chi connectivity index (χ2v) is 5.11. The molecular weight excluding hydrogens is 311 g/mol. The Bertz CT molecular complexity index is 649. The van der Waals surface area contributed by atoms with Gasteiger partial charge in [0, 0.05) is 18.3 Å². The molecule has 0 bridgehead atoms. The maximum atomic E-state index is 12.1. The van der Waals surface area contributed by atoms with E-state index in [9.17, 15) is 4.79 Å². The fraction of sp³-hybridized carbons (Fsp3) is 0.214. The molecule has 110 valence electrons. The number of halogens is 2. The van der Waals surface area contributed by atoms with Crippen molar-refractivity contribution in [2.24, 2.45) is 0 Å². The van der Waals surface area contributed by atoms with E-state index >= 15 is 0 Å². The number of hydrogen-bond acceptors (Lipinski definition) is 4. The van der Waals surface area contributed by atoms with Gasteiger partial charge in [-0.2, -0.15) is 0 Å². The number of hydrogen-bond donors (Lipinski definition) is 2. The Morgan fingerprint density at radius 2 is 2.00 bits per heavy atom. The Morgan fingerprint density at radius 3 is 2.71 bits per heavy atom. The van der Waals surface area contributed by atoms with Gasteiger partial charge in [0.1, 0.15) is 17.8 Å². The lowest BCUT2D eigenvalue weighted by Gasteiger charge is -2.07. The predicted molar refractivity (Wildman–Crippen MR) is 85.2 cm³/mol. The number of nitrogens with zero attached hydrogens (tertiary/aromatic N) is 2. The molecule has 0 spiro atoms. The Kier molecular flexibility index (Phi) is 5.36. The van der Waals surface area contributed by atoms with E-state index in [0.29, 0.717) is 21.6 Å². The number of carbonyl (C=O) groups is 1. The molecule has 0 aliphatic carbocycles. The van der Waals surface area contributed by atoms with Crippen LogP contribution in [-0.2, 0) is 0 Å². The van der Waals surface area contributed by atoms with Crippen LogP contribution in [0.5, 0.6) is 0 Å². The molecule has 5 nitrogen and oxygen atoms in total. The van der Waals surface area contributed by atoms with Gasteiger partial charge in [0.2, 0.25) is 0 Å². The average Bonchev–Trinajstić information content (AvgIpc) is 2.49. The normalized spacial score (nSPS) is 10.2. The van der Waals surface area contributed by atoms with Crippen molar-refractivity contribution >= 4 is 40.6 Å². The van der Waals surface area contributed by atoms with E-state index in [1.807, 2.05) is 6.92 Å². The van der Waals surface area contributed by atoms with E-state index in [4.69, 9.17) is 23.2 Å². The zero-order valence-electron chi connectivity index (χ0n) is 11.4. The second kappa shape index (κ2) is 7.24. The lowest BCUT2D eigenvalue weighted by Crippen LogP contribution is -2.14. The van der Waals surface area contributed by atoms with Gasteiger partial charge >= 0.3 is 0 Å². The van der Waals surface area contributed by atoms with Crippen LogP contribution in [0, 0.1) is 0 Å². The third-order valence-electron chi connectivity index (χ3n) is 2.63. The third kappa shape index (κ3) is 4.31. The summed E-state index contributed by atoms with van der Waals surface area (Å²) in [6, 6.07) is 6.47. The number of anilines is 2. The maximum Gasteiger partial charge on any atom is 0.274 e. The summed E-state index contributed by atoms with van der Waals surface area (Å²) in [5.74, 6) is 0.279. The SMILES string of the molecule is CCCNc1cc(C(=O)Nc2ccc(Cl)c(Cl)c2)ncn1. The number of benzene rings is 1. The summed E-state index contributed by atoms with van der Waals surface area (Å²) in [5, 5.41) is 6.62. The zero-order valence-corrected chi connectivity index (χ0v) is 12.9. The molecule has 21 heavy (non-hydrogen) atoms. The van der Waals surface area contributed by atoms with Gasteiger partial charge in [-0.05, 0) is 24.6 Å². The first kappa shape index (κ1) is 15.5. The molecule has 7 heteroatoms. The summed E-state index contributed by atoms with van der Waals surface area (Å²) in [4.78, 5) is 20.1. The summed E-state index contributed by atoms with van der Waals surface area (Å²) in [6.45, 7) is 2.83. The minimum atomic E-state index is -0.338. The van der Waals surface area contributed by atoms with Gasteiger partial charge in [-0.25, -0.2) is 9.97 Å². The van der Waals surface area contributed by atoms with Crippen molar-refractivity contribution in [3.8, 4) is 0 Å². The first-order valence-corrected chi connectivity index (χ1v) is 7.18. The molecular formula is C14H14Cl2N4O. The molecule has 1 aromatic heterocycles.